The highest BCUT2D eigenvalue weighted by atomic mass is 15.1. The van der Waals surface area contributed by atoms with Gasteiger partial charge in [-0.1, -0.05) is 26.0 Å². The lowest BCUT2D eigenvalue weighted by Crippen LogP contribution is -1.86. The Labute approximate surface area is 73.0 Å². The molecule has 0 aliphatic heterocycles. The van der Waals surface area contributed by atoms with E-state index in [9.17, 15) is 0 Å². The number of rotatable bonds is 1. The highest BCUT2D eigenvalue weighted by Gasteiger charge is 2.04. The van der Waals surface area contributed by atoms with E-state index >= 15 is 0 Å². The topological polar surface area (TPSA) is 28.7 Å². The highest BCUT2D eigenvalue weighted by molar-refractivity contribution is 5.81. The smallest absolute Gasteiger partial charge is 0.0653 e. The van der Waals surface area contributed by atoms with Crippen LogP contribution in [0.3, 0.4) is 0 Å². The number of nitrogens with one attached hydrogen (secondary N) is 1. The SMILES string of the molecule is [3H]c1ccc2[nH]ncc2c1C(C)C. The predicted octanol–water partition coefficient (Wildman–Crippen LogP) is 2.69. The summed E-state index contributed by atoms with van der Waals surface area (Å²) in [4.78, 5) is 0. The average molecular weight is 162 g/mol. The summed E-state index contributed by atoms with van der Waals surface area (Å²) in [6.45, 7) is 4.19. The minimum Gasteiger partial charge on any atom is -0.278 e. The fourth-order valence-corrected chi connectivity index (χ4v) is 1.41. The van der Waals surface area contributed by atoms with Gasteiger partial charge in [-0.15, -0.1) is 0 Å². The van der Waals surface area contributed by atoms with Crippen molar-refractivity contribution in [2.75, 3.05) is 0 Å². The Bertz CT molecular complexity index is 431. The van der Waals surface area contributed by atoms with Gasteiger partial charge in [0.1, 0.15) is 0 Å². The van der Waals surface area contributed by atoms with Crippen LogP contribution in [0.15, 0.2) is 24.4 Å². The Morgan fingerprint density at radius 1 is 1.58 bits per heavy atom. The summed E-state index contributed by atoms with van der Waals surface area (Å²) in [5.41, 5.74) is 2.09. The molecular weight excluding hydrogens is 148 g/mol. The zero-order valence-electron chi connectivity index (χ0n) is 8.26. The molecule has 1 heterocycles. The predicted molar refractivity (Wildman–Crippen MR) is 50.2 cm³/mol. The van der Waals surface area contributed by atoms with Gasteiger partial charge in [-0.2, -0.15) is 5.10 Å². The van der Waals surface area contributed by atoms with Crippen LogP contribution in [0.5, 0.6) is 0 Å². The van der Waals surface area contributed by atoms with Crippen LogP contribution in [-0.2, 0) is 0 Å². The van der Waals surface area contributed by atoms with Crippen molar-refractivity contribution in [1.82, 2.24) is 10.2 Å². The van der Waals surface area contributed by atoms with Gasteiger partial charge in [0, 0.05) is 5.39 Å². The first kappa shape index (κ1) is 6.23. The molecule has 1 N–H and O–H groups in total. The lowest BCUT2D eigenvalue weighted by molar-refractivity contribution is 0.876. The largest absolute Gasteiger partial charge is 0.278 e. The molecule has 0 fully saturated rings. The Hall–Kier alpha value is -1.31. The fraction of sp³-hybridized carbons (Fsp3) is 0.300. The highest BCUT2D eigenvalue weighted by Crippen LogP contribution is 2.23. The van der Waals surface area contributed by atoms with E-state index < -0.39 is 0 Å². The van der Waals surface area contributed by atoms with Gasteiger partial charge in [0.2, 0.25) is 0 Å². The van der Waals surface area contributed by atoms with Gasteiger partial charge < -0.3 is 0 Å². The molecule has 2 nitrogen and oxygen atoms in total. The van der Waals surface area contributed by atoms with Crippen LogP contribution < -0.4 is 0 Å². The van der Waals surface area contributed by atoms with Crippen LogP contribution in [0.4, 0.5) is 0 Å². The minimum absolute atomic E-state index is 0.369. The van der Waals surface area contributed by atoms with Crippen molar-refractivity contribution in [2.24, 2.45) is 0 Å². The number of hydrogen-bond acceptors (Lipinski definition) is 1. The van der Waals surface area contributed by atoms with Gasteiger partial charge >= 0.3 is 0 Å². The van der Waals surface area contributed by atoms with Gasteiger partial charge in [-0.25, -0.2) is 0 Å². The molecule has 62 valence electrons. The maximum Gasteiger partial charge on any atom is 0.0653 e. The molecule has 0 saturated heterocycles. The molecule has 1 aromatic heterocycles. The molecule has 0 aliphatic rings. The lowest BCUT2D eigenvalue weighted by atomic mass is 10.00. The summed E-state index contributed by atoms with van der Waals surface area (Å²) >= 11 is 0. The second-order valence-corrected chi connectivity index (χ2v) is 3.24. The zero-order valence-corrected chi connectivity index (χ0v) is 7.26. The Morgan fingerprint density at radius 2 is 2.42 bits per heavy atom. The van der Waals surface area contributed by atoms with E-state index in [1.807, 2.05) is 12.1 Å². The molecule has 2 heteroatoms. The molecule has 0 atom stereocenters. The number of nitrogens with zero attached hydrogens (tertiary/aromatic N) is 1. The summed E-state index contributed by atoms with van der Waals surface area (Å²) in [7, 11) is 0. The van der Waals surface area contributed by atoms with E-state index in [4.69, 9.17) is 1.37 Å². The van der Waals surface area contributed by atoms with Gasteiger partial charge in [-0.05, 0) is 17.5 Å². The van der Waals surface area contributed by atoms with E-state index in [1.165, 1.54) is 0 Å². The van der Waals surface area contributed by atoms with E-state index in [2.05, 4.69) is 24.0 Å². The minimum atomic E-state index is 0.369. The van der Waals surface area contributed by atoms with Crippen molar-refractivity contribution < 1.29 is 1.37 Å². The summed E-state index contributed by atoms with van der Waals surface area (Å²) in [5, 5.41) is 7.96. The van der Waals surface area contributed by atoms with Gasteiger partial charge in [0.05, 0.1) is 13.1 Å². The number of benzene rings is 1. The first-order valence-electron chi connectivity index (χ1n) is 4.62. The first-order chi connectivity index (χ1) is 6.20. The third-order valence-electron chi connectivity index (χ3n) is 2.03. The van der Waals surface area contributed by atoms with Crippen molar-refractivity contribution >= 4 is 10.9 Å². The third-order valence-corrected chi connectivity index (χ3v) is 2.03. The maximum atomic E-state index is 7.78. The van der Waals surface area contributed by atoms with Crippen LogP contribution >= 0.6 is 0 Å². The summed E-state index contributed by atoms with van der Waals surface area (Å²) in [5.74, 6) is 0.369. The molecule has 12 heavy (non-hydrogen) atoms. The summed E-state index contributed by atoms with van der Waals surface area (Å²) in [6, 6.07) is 4.32. The third kappa shape index (κ3) is 0.998. The Morgan fingerprint density at radius 3 is 3.17 bits per heavy atom. The molecule has 0 bridgehead atoms. The molecule has 0 radical (unpaired) electrons. The second-order valence-electron chi connectivity index (χ2n) is 3.24. The van der Waals surface area contributed by atoms with E-state index in [0.29, 0.717) is 12.0 Å². The zero-order chi connectivity index (χ0) is 9.42. The molecular formula is C10H12N2. The first-order valence-corrected chi connectivity index (χ1v) is 4.12. The number of hydrogen-bond donors (Lipinski definition) is 1. The monoisotopic (exact) mass is 162 g/mol. The fourth-order valence-electron chi connectivity index (χ4n) is 1.41. The molecule has 1 aromatic carbocycles. The van der Waals surface area contributed by atoms with Crippen LogP contribution in [0.2, 0.25) is 0 Å². The molecule has 0 saturated carbocycles. The quantitative estimate of drug-likeness (QED) is 0.686. The van der Waals surface area contributed by atoms with Crippen molar-refractivity contribution in [2.45, 2.75) is 19.8 Å². The number of fused-ring (bicyclic) bond motifs is 1. The van der Waals surface area contributed by atoms with Crippen molar-refractivity contribution in [1.29, 1.82) is 0 Å². The number of aromatic amines is 1. The average Bonchev–Trinajstić information content (AvgIpc) is 2.50. The van der Waals surface area contributed by atoms with Crippen LogP contribution in [-0.4, -0.2) is 10.2 Å². The van der Waals surface area contributed by atoms with E-state index in [1.54, 1.807) is 6.20 Å². The van der Waals surface area contributed by atoms with Gasteiger partial charge in [-0.3, -0.25) is 5.10 Å². The van der Waals surface area contributed by atoms with E-state index in [-0.39, 0.29) is 0 Å². The standard InChI is InChI=1S/C10H12N2/c1-7(2)8-4-3-5-10-9(8)6-11-12-10/h3-7H,1-2H3,(H,11,12)/i4T. The lowest BCUT2D eigenvalue weighted by Gasteiger charge is -2.05. The van der Waals surface area contributed by atoms with Crippen molar-refractivity contribution in [3.05, 3.63) is 29.9 Å². The maximum absolute atomic E-state index is 7.78. The molecule has 2 rings (SSSR count). The van der Waals surface area contributed by atoms with Crippen molar-refractivity contribution in [3.8, 4) is 0 Å². The molecule has 0 aliphatic carbocycles. The van der Waals surface area contributed by atoms with Crippen LogP contribution in [0.25, 0.3) is 10.9 Å². The van der Waals surface area contributed by atoms with Gasteiger partial charge in [0.15, 0.2) is 0 Å². The second kappa shape index (κ2) is 2.63. The Kier molecular flexibility index (Phi) is 1.36. The number of H-pyrrole nitrogens is 1. The molecule has 2 aromatic rings. The van der Waals surface area contributed by atoms with Crippen LogP contribution in [0, 0.1) is 0 Å². The van der Waals surface area contributed by atoms with E-state index in [0.717, 1.165) is 16.5 Å². The summed E-state index contributed by atoms with van der Waals surface area (Å²) < 4.78 is 7.78. The normalized spacial score (nSPS) is 12.4. The molecule has 0 spiro atoms. The van der Waals surface area contributed by atoms with Crippen molar-refractivity contribution in [3.63, 3.8) is 0 Å². The number of aromatic nitrogens is 2. The van der Waals surface area contributed by atoms with Gasteiger partial charge in [0.25, 0.3) is 0 Å². The molecule has 0 amide bonds. The Balaban J connectivity index is 2.80. The molecule has 0 unspecified atom stereocenters. The van der Waals surface area contributed by atoms with Crippen LogP contribution in [0.1, 0.15) is 26.7 Å². The summed E-state index contributed by atoms with van der Waals surface area (Å²) in [6.07, 6.45) is 1.79.